The van der Waals surface area contributed by atoms with Crippen LogP contribution in [0.5, 0.6) is 11.5 Å². The molecule has 0 unspecified atom stereocenters. The topological polar surface area (TPSA) is 45.9 Å². The van der Waals surface area contributed by atoms with Crippen LogP contribution in [0, 0.1) is 32.1 Å². The van der Waals surface area contributed by atoms with E-state index in [1.807, 2.05) is 26.0 Å². The van der Waals surface area contributed by atoms with E-state index in [1.165, 1.54) is 5.56 Å². The van der Waals surface area contributed by atoms with Crippen molar-refractivity contribution >= 4 is 0 Å². The van der Waals surface area contributed by atoms with Gasteiger partial charge in [0, 0.05) is 11.1 Å². The minimum atomic E-state index is -0.0974. The number of hydrogen-bond donors (Lipinski definition) is 0. The fraction of sp³-hybridized carbons (Fsp3) is 0.368. The molecule has 0 fully saturated rings. The van der Waals surface area contributed by atoms with E-state index >= 15 is 0 Å². The zero-order valence-electron chi connectivity index (χ0n) is 14.1. The third-order valence-corrected chi connectivity index (χ3v) is 3.55. The molecule has 0 radical (unpaired) electrons. The van der Waals surface area contributed by atoms with E-state index in [2.05, 4.69) is 50.9 Å². The summed E-state index contributed by atoms with van der Waals surface area (Å²) in [6.07, 6.45) is 0. The maximum atomic E-state index is 9.38. The van der Waals surface area contributed by atoms with E-state index < -0.39 is 0 Å². The monoisotopic (exact) mass is 294 g/mol. The Bertz CT molecular complexity index is 726. The van der Waals surface area contributed by atoms with Crippen molar-refractivity contribution in [2.24, 2.45) is 0 Å². The van der Waals surface area contributed by atoms with Gasteiger partial charge in [0.15, 0.2) is 11.4 Å². The van der Waals surface area contributed by atoms with E-state index in [0.717, 1.165) is 22.6 Å². The average molecular weight is 294 g/mol. The Morgan fingerprint density at radius 1 is 1.05 bits per heavy atom. The average Bonchev–Trinajstić information content (AvgIpc) is 2.41. The van der Waals surface area contributed by atoms with Crippen molar-refractivity contribution in [2.75, 3.05) is 0 Å². The summed E-state index contributed by atoms with van der Waals surface area (Å²) in [6, 6.07) is 10.1. The minimum Gasteiger partial charge on any atom is -0.454 e. The Morgan fingerprint density at radius 2 is 1.64 bits per heavy atom. The van der Waals surface area contributed by atoms with E-state index in [1.54, 1.807) is 0 Å². The molecule has 1 aromatic heterocycles. The number of rotatable bonds is 2. The molecule has 114 valence electrons. The zero-order chi connectivity index (χ0) is 16.5. The van der Waals surface area contributed by atoms with Crippen LogP contribution in [-0.2, 0) is 5.41 Å². The fourth-order valence-corrected chi connectivity index (χ4v) is 2.46. The summed E-state index contributed by atoms with van der Waals surface area (Å²) in [4.78, 5) is 4.45. The zero-order valence-corrected chi connectivity index (χ0v) is 14.1. The van der Waals surface area contributed by atoms with Crippen molar-refractivity contribution in [3.63, 3.8) is 0 Å². The van der Waals surface area contributed by atoms with Crippen LogP contribution >= 0.6 is 0 Å². The first kappa shape index (κ1) is 16.0. The number of benzene rings is 1. The van der Waals surface area contributed by atoms with E-state index in [9.17, 15) is 5.26 Å². The second kappa shape index (κ2) is 5.81. The summed E-state index contributed by atoms with van der Waals surface area (Å²) in [5.74, 6) is 1.30. The number of nitrogens with zero attached hydrogens (tertiary/aromatic N) is 2. The molecule has 0 aliphatic rings. The van der Waals surface area contributed by atoms with Crippen molar-refractivity contribution in [2.45, 2.75) is 47.0 Å². The molecule has 3 heteroatoms. The van der Waals surface area contributed by atoms with Gasteiger partial charge in [-0.05, 0) is 44.0 Å². The number of aryl methyl sites for hydroxylation is 3. The third-order valence-electron chi connectivity index (χ3n) is 3.55. The van der Waals surface area contributed by atoms with E-state index in [-0.39, 0.29) is 5.41 Å². The molecule has 1 aromatic carbocycles. The molecule has 0 aliphatic heterocycles. The van der Waals surface area contributed by atoms with Crippen LogP contribution in [0.1, 0.15) is 48.8 Å². The Balaban J connectivity index is 2.45. The van der Waals surface area contributed by atoms with Gasteiger partial charge in [0.25, 0.3) is 0 Å². The number of hydrogen-bond acceptors (Lipinski definition) is 3. The second-order valence-electron chi connectivity index (χ2n) is 6.73. The molecule has 3 nitrogen and oxygen atoms in total. The molecule has 2 rings (SSSR count). The fourth-order valence-electron chi connectivity index (χ4n) is 2.46. The number of nitriles is 1. The maximum absolute atomic E-state index is 9.38. The standard InChI is InChI=1S/C19H22N2O/c1-12-9-13(2)18(14(3)10-12)22-16-7-8-17(19(4,5)6)21-15(16)11-20/h7-10H,1-6H3. The first-order chi connectivity index (χ1) is 10.2. The maximum Gasteiger partial charge on any atom is 0.183 e. The van der Waals surface area contributed by atoms with Crippen molar-refractivity contribution < 1.29 is 4.74 Å². The summed E-state index contributed by atoms with van der Waals surface area (Å²) in [5.41, 5.74) is 4.42. The number of aromatic nitrogens is 1. The van der Waals surface area contributed by atoms with Crippen molar-refractivity contribution in [3.8, 4) is 17.6 Å². The van der Waals surface area contributed by atoms with Gasteiger partial charge in [-0.2, -0.15) is 5.26 Å². The predicted molar refractivity (Wildman–Crippen MR) is 88.4 cm³/mol. The third kappa shape index (κ3) is 3.28. The van der Waals surface area contributed by atoms with E-state index in [4.69, 9.17) is 4.74 Å². The molecule has 0 aliphatic carbocycles. The van der Waals surface area contributed by atoms with Crippen LogP contribution in [-0.4, -0.2) is 4.98 Å². The van der Waals surface area contributed by atoms with Crippen molar-refractivity contribution in [1.82, 2.24) is 4.98 Å². The molecular formula is C19H22N2O. The molecule has 22 heavy (non-hydrogen) atoms. The van der Waals surface area contributed by atoms with Crippen LogP contribution in [0.25, 0.3) is 0 Å². The highest BCUT2D eigenvalue weighted by Gasteiger charge is 2.18. The molecule has 0 atom stereocenters. The molecular weight excluding hydrogens is 272 g/mol. The highest BCUT2D eigenvalue weighted by molar-refractivity contribution is 5.48. The van der Waals surface area contributed by atoms with Crippen LogP contribution in [0.15, 0.2) is 24.3 Å². The Kier molecular flexibility index (Phi) is 4.23. The predicted octanol–water partition coefficient (Wildman–Crippen LogP) is 4.97. The molecule has 0 N–H and O–H groups in total. The van der Waals surface area contributed by atoms with Crippen LogP contribution in [0.3, 0.4) is 0 Å². The summed E-state index contributed by atoms with van der Waals surface area (Å²) in [5, 5.41) is 9.38. The quantitative estimate of drug-likeness (QED) is 0.785. The molecule has 0 saturated carbocycles. The lowest BCUT2D eigenvalue weighted by Crippen LogP contribution is -2.14. The van der Waals surface area contributed by atoms with Crippen molar-refractivity contribution in [3.05, 3.63) is 52.3 Å². The van der Waals surface area contributed by atoms with Crippen LogP contribution in [0.4, 0.5) is 0 Å². The van der Waals surface area contributed by atoms with Gasteiger partial charge in [-0.15, -0.1) is 0 Å². The lowest BCUT2D eigenvalue weighted by Gasteiger charge is -2.19. The number of ether oxygens (including phenoxy) is 1. The number of pyridine rings is 1. The molecule has 0 spiro atoms. The first-order valence-corrected chi connectivity index (χ1v) is 7.39. The Labute approximate surface area is 132 Å². The van der Waals surface area contributed by atoms with Gasteiger partial charge in [-0.25, -0.2) is 4.98 Å². The Hall–Kier alpha value is -2.34. The minimum absolute atomic E-state index is 0.0974. The highest BCUT2D eigenvalue weighted by Crippen LogP contribution is 2.32. The smallest absolute Gasteiger partial charge is 0.183 e. The van der Waals surface area contributed by atoms with Gasteiger partial charge in [0.1, 0.15) is 11.8 Å². The largest absolute Gasteiger partial charge is 0.454 e. The molecule has 0 amide bonds. The van der Waals surface area contributed by atoms with Crippen molar-refractivity contribution in [1.29, 1.82) is 5.26 Å². The van der Waals surface area contributed by atoms with Gasteiger partial charge in [-0.1, -0.05) is 38.5 Å². The Morgan fingerprint density at radius 3 is 2.14 bits per heavy atom. The second-order valence-corrected chi connectivity index (χ2v) is 6.73. The lowest BCUT2D eigenvalue weighted by molar-refractivity contribution is 0.467. The summed E-state index contributed by atoms with van der Waals surface area (Å²) >= 11 is 0. The lowest BCUT2D eigenvalue weighted by atomic mass is 9.91. The molecule has 1 heterocycles. The van der Waals surface area contributed by atoms with Gasteiger partial charge in [0.05, 0.1) is 0 Å². The molecule has 0 saturated heterocycles. The summed E-state index contributed by atoms with van der Waals surface area (Å²) in [6.45, 7) is 12.3. The van der Waals surface area contributed by atoms with Crippen LogP contribution < -0.4 is 4.74 Å². The highest BCUT2D eigenvalue weighted by atomic mass is 16.5. The van der Waals surface area contributed by atoms with Gasteiger partial charge >= 0.3 is 0 Å². The molecule has 0 bridgehead atoms. The van der Waals surface area contributed by atoms with Gasteiger partial charge < -0.3 is 4.74 Å². The summed E-state index contributed by atoms with van der Waals surface area (Å²) in [7, 11) is 0. The van der Waals surface area contributed by atoms with E-state index in [0.29, 0.717) is 11.4 Å². The SMILES string of the molecule is Cc1cc(C)c(Oc2ccc(C(C)(C)C)nc2C#N)c(C)c1. The summed E-state index contributed by atoms with van der Waals surface area (Å²) < 4.78 is 6.00. The first-order valence-electron chi connectivity index (χ1n) is 7.39. The van der Waals surface area contributed by atoms with Gasteiger partial charge in [-0.3, -0.25) is 0 Å². The van der Waals surface area contributed by atoms with Crippen LogP contribution in [0.2, 0.25) is 0 Å². The molecule has 2 aromatic rings. The van der Waals surface area contributed by atoms with Gasteiger partial charge in [0.2, 0.25) is 0 Å². The normalized spacial score (nSPS) is 11.1.